The first kappa shape index (κ1) is 13.8. The second-order valence-corrected chi connectivity index (χ2v) is 5.76. The summed E-state index contributed by atoms with van der Waals surface area (Å²) < 4.78 is 6.75. The van der Waals surface area contributed by atoms with Crippen LogP contribution < -0.4 is 10.2 Å². The van der Waals surface area contributed by atoms with Gasteiger partial charge in [-0.1, -0.05) is 22.0 Å². The van der Waals surface area contributed by atoms with Crippen molar-refractivity contribution < 1.29 is 4.74 Å². The Kier molecular flexibility index (Phi) is 4.65. The molecule has 0 bridgehead atoms. The van der Waals surface area contributed by atoms with Crippen LogP contribution in [-0.4, -0.2) is 32.8 Å². The number of morpholine rings is 1. The van der Waals surface area contributed by atoms with Crippen LogP contribution in [-0.2, 0) is 4.74 Å². The zero-order valence-electron chi connectivity index (χ0n) is 11.2. The molecular weight excluding hydrogens is 292 g/mol. The summed E-state index contributed by atoms with van der Waals surface area (Å²) in [6, 6.07) is 6.87. The predicted octanol–water partition coefficient (Wildman–Crippen LogP) is 2.95. The Bertz CT molecular complexity index is 411. The normalized spacial score (nSPS) is 22.0. The van der Waals surface area contributed by atoms with Crippen LogP contribution in [0.4, 0.5) is 5.69 Å². The molecule has 1 heterocycles. The molecule has 0 amide bonds. The lowest BCUT2D eigenvalue weighted by Gasteiger charge is -2.35. The van der Waals surface area contributed by atoms with Gasteiger partial charge in [-0.15, -0.1) is 0 Å². The monoisotopic (exact) mass is 312 g/mol. The van der Waals surface area contributed by atoms with Crippen LogP contribution in [0, 0.1) is 0 Å². The van der Waals surface area contributed by atoms with E-state index >= 15 is 0 Å². The van der Waals surface area contributed by atoms with E-state index in [1.54, 1.807) is 0 Å². The third kappa shape index (κ3) is 3.05. The standard InChI is InChI=1S/C14H21BrN2O/c1-10-9-17(6-7-18-10)14-8-12(15)4-5-13(14)11(2)16-3/h4-5,8,10-11,16H,6-7,9H2,1-3H3. The molecule has 18 heavy (non-hydrogen) atoms. The molecule has 4 heteroatoms. The number of halogens is 1. The van der Waals surface area contributed by atoms with Crippen molar-refractivity contribution in [3.63, 3.8) is 0 Å². The molecule has 1 aromatic carbocycles. The van der Waals surface area contributed by atoms with E-state index < -0.39 is 0 Å². The van der Waals surface area contributed by atoms with Gasteiger partial charge in [0.15, 0.2) is 0 Å². The van der Waals surface area contributed by atoms with Crippen LogP contribution in [0.1, 0.15) is 25.5 Å². The van der Waals surface area contributed by atoms with Crippen LogP contribution >= 0.6 is 15.9 Å². The lowest BCUT2D eigenvalue weighted by molar-refractivity contribution is 0.0531. The van der Waals surface area contributed by atoms with Crippen LogP contribution in [0.3, 0.4) is 0 Å². The van der Waals surface area contributed by atoms with Gasteiger partial charge in [-0.2, -0.15) is 0 Å². The number of anilines is 1. The molecule has 0 radical (unpaired) electrons. The van der Waals surface area contributed by atoms with Gasteiger partial charge in [-0.3, -0.25) is 0 Å². The van der Waals surface area contributed by atoms with Crippen LogP contribution in [0.15, 0.2) is 22.7 Å². The van der Waals surface area contributed by atoms with Gasteiger partial charge < -0.3 is 15.0 Å². The van der Waals surface area contributed by atoms with Gasteiger partial charge in [0, 0.05) is 29.3 Å². The summed E-state index contributed by atoms with van der Waals surface area (Å²) in [5.74, 6) is 0. The molecule has 0 aromatic heterocycles. The lowest BCUT2D eigenvalue weighted by atomic mass is 10.0. The third-order valence-corrected chi connectivity index (χ3v) is 3.97. The highest BCUT2D eigenvalue weighted by atomic mass is 79.9. The Hall–Kier alpha value is -0.580. The fraction of sp³-hybridized carbons (Fsp3) is 0.571. The molecule has 1 fully saturated rings. The van der Waals surface area contributed by atoms with Gasteiger partial charge in [0.1, 0.15) is 0 Å². The second-order valence-electron chi connectivity index (χ2n) is 4.84. The maximum absolute atomic E-state index is 5.62. The van der Waals surface area contributed by atoms with E-state index in [1.165, 1.54) is 11.3 Å². The molecule has 0 spiro atoms. The first-order valence-electron chi connectivity index (χ1n) is 6.45. The van der Waals surface area contributed by atoms with Crippen LogP contribution in [0.5, 0.6) is 0 Å². The highest BCUT2D eigenvalue weighted by Crippen LogP contribution is 2.30. The van der Waals surface area contributed by atoms with Gasteiger partial charge in [-0.05, 0) is 38.6 Å². The summed E-state index contributed by atoms with van der Waals surface area (Å²) in [6.07, 6.45) is 0.301. The lowest BCUT2D eigenvalue weighted by Crippen LogP contribution is -2.41. The zero-order chi connectivity index (χ0) is 13.1. The van der Waals surface area contributed by atoms with Crippen molar-refractivity contribution in [1.29, 1.82) is 0 Å². The first-order chi connectivity index (χ1) is 8.61. The van der Waals surface area contributed by atoms with Crippen molar-refractivity contribution in [3.8, 4) is 0 Å². The molecule has 1 aliphatic heterocycles. The van der Waals surface area contributed by atoms with Crippen molar-refractivity contribution in [2.24, 2.45) is 0 Å². The van der Waals surface area contributed by atoms with Crippen LogP contribution in [0.25, 0.3) is 0 Å². The quantitative estimate of drug-likeness (QED) is 0.928. The summed E-state index contributed by atoms with van der Waals surface area (Å²) in [5.41, 5.74) is 2.65. The van der Waals surface area contributed by atoms with E-state index in [0.717, 1.165) is 24.2 Å². The van der Waals surface area contributed by atoms with Gasteiger partial charge in [0.05, 0.1) is 12.7 Å². The number of benzene rings is 1. The third-order valence-electron chi connectivity index (χ3n) is 3.47. The maximum atomic E-state index is 5.62. The molecule has 2 rings (SSSR count). The molecule has 1 aliphatic rings. The Morgan fingerprint density at radius 2 is 2.28 bits per heavy atom. The minimum Gasteiger partial charge on any atom is -0.375 e. The summed E-state index contributed by atoms with van der Waals surface area (Å²) >= 11 is 3.57. The van der Waals surface area contributed by atoms with E-state index in [4.69, 9.17) is 4.74 Å². The van der Waals surface area contributed by atoms with Crippen molar-refractivity contribution >= 4 is 21.6 Å². The SMILES string of the molecule is CNC(C)c1ccc(Br)cc1N1CCOC(C)C1. The largest absolute Gasteiger partial charge is 0.375 e. The Labute approximate surface area is 118 Å². The molecular formula is C14H21BrN2O. The van der Waals surface area contributed by atoms with E-state index in [0.29, 0.717) is 12.1 Å². The molecule has 2 unspecified atom stereocenters. The summed E-state index contributed by atoms with van der Waals surface area (Å²) in [4.78, 5) is 2.42. The summed E-state index contributed by atoms with van der Waals surface area (Å²) in [5, 5.41) is 3.32. The van der Waals surface area contributed by atoms with Crippen molar-refractivity contribution in [3.05, 3.63) is 28.2 Å². The molecule has 0 saturated carbocycles. The van der Waals surface area contributed by atoms with Gasteiger partial charge in [-0.25, -0.2) is 0 Å². The number of rotatable bonds is 3. The fourth-order valence-electron chi connectivity index (χ4n) is 2.35. The highest BCUT2D eigenvalue weighted by molar-refractivity contribution is 9.10. The van der Waals surface area contributed by atoms with Crippen LogP contribution in [0.2, 0.25) is 0 Å². The molecule has 100 valence electrons. The number of nitrogens with one attached hydrogen (secondary N) is 1. The summed E-state index contributed by atoms with van der Waals surface area (Å²) in [7, 11) is 2.00. The molecule has 1 N–H and O–H groups in total. The predicted molar refractivity (Wildman–Crippen MR) is 79.2 cm³/mol. The van der Waals surface area contributed by atoms with E-state index in [2.05, 4.69) is 58.2 Å². The van der Waals surface area contributed by atoms with Gasteiger partial charge in [0.25, 0.3) is 0 Å². The van der Waals surface area contributed by atoms with Gasteiger partial charge in [0.2, 0.25) is 0 Å². The number of hydrogen-bond acceptors (Lipinski definition) is 3. The smallest absolute Gasteiger partial charge is 0.0722 e. The second kappa shape index (κ2) is 6.04. The summed E-state index contributed by atoms with van der Waals surface area (Å²) in [6.45, 7) is 7.05. The first-order valence-corrected chi connectivity index (χ1v) is 7.24. The minimum absolute atomic E-state index is 0.301. The average Bonchev–Trinajstić information content (AvgIpc) is 2.38. The number of nitrogens with zero attached hydrogens (tertiary/aromatic N) is 1. The number of hydrogen-bond donors (Lipinski definition) is 1. The molecule has 1 saturated heterocycles. The van der Waals surface area contributed by atoms with Crippen molar-refractivity contribution in [2.75, 3.05) is 31.6 Å². The highest BCUT2D eigenvalue weighted by Gasteiger charge is 2.21. The fourth-order valence-corrected chi connectivity index (χ4v) is 2.70. The van der Waals surface area contributed by atoms with E-state index in [9.17, 15) is 0 Å². The van der Waals surface area contributed by atoms with E-state index in [1.807, 2.05) is 7.05 Å². The molecule has 2 atom stereocenters. The molecule has 1 aromatic rings. The maximum Gasteiger partial charge on any atom is 0.0722 e. The number of ether oxygens (including phenoxy) is 1. The molecule has 0 aliphatic carbocycles. The zero-order valence-corrected chi connectivity index (χ0v) is 12.8. The Morgan fingerprint density at radius 3 is 2.94 bits per heavy atom. The Balaban J connectivity index is 2.31. The van der Waals surface area contributed by atoms with Crippen molar-refractivity contribution in [1.82, 2.24) is 5.32 Å². The average molecular weight is 313 g/mol. The van der Waals surface area contributed by atoms with Crippen molar-refractivity contribution in [2.45, 2.75) is 26.0 Å². The minimum atomic E-state index is 0.301. The van der Waals surface area contributed by atoms with E-state index in [-0.39, 0.29) is 0 Å². The Morgan fingerprint density at radius 1 is 1.50 bits per heavy atom. The van der Waals surface area contributed by atoms with Gasteiger partial charge >= 0.3 is 0 Å². The topological polar surface area (TPSA) is 24.5 Å². The molecule has 3 nitrogen and oxygen atoms in total.